The fourth-order valence-corrected chi connectivity index (χ4v) is 0.952. The van der Waals surface area contributed by atoms with Crippen LogP contribution in [0.4, 0.5) is 0 Å². The topological polar surface area (TPSA) is 65.5 Å². The maximum absolute atomic E-state index is 11.2. The van der Waals surface area contributed by atoms with E-state index in [-0.39, 0.29) is 11.4 Å². The lowest BCUT2D eigenvalue weighted by Crippen LogP contribution is -2.06. The first-order valence-electron chi connectivity index (χ1n) is 3.80. The number of aldehydes is 1. The summed E-state index contributed by atoms with van der Waals surface area (Å²) in [6, 6.07) is 1.37. The van der Waals surface area contributed by atoms with Crippen molar-refractivity contribution in [1.82, 2.24) is 4.98 Å². The van der Waals surface area contributed by atoms with Gasteiger partial charge in [0.25, 0.3) is 0 Å². The van der Waals surface area contributed by atoms with Crippen LogP contribution in [0.15, 0.2) is 12.3 Å². The molecule has 0 aliphatic heterocycles. The van der Waals surface area contributed by atoms with Crippen molar-refractivity contribution in [3.8, 4) is 5.88 Å². The van der Waals surface area contributed by atoms with Crippen LogP contribution in [0.25, 0.3) is 0 Å². The number of pyridine rings is 1. The van der Waals surface area contributed by atoms with Gasteiger partial charge in [0.2, 0.25) is 5.88 Å². The molecule has 0 amide bonds. The van der Waals surface area contributed by atoms with Crippen molar-refractivity contribution in [2.45, 2.75) is 0 Å². The molecule has 0 radical (unpaired) electrons. The van der Waals surface area contributed by atoms with E-state index >= 15 is 0 Å². The summed E-state index contributed by atoms with van der Waals surface area (Å²) in [5.41, 5.74) is 0.436. The number of hydrogen-bond acceptors (Lipinski definition) is 5. The highest BCUT2D eigenvalue weighted by molar-refractivity contribution is 5.93. The second-order valence-corrected chi connectivity index (χ2v) is 2.43. The Labute approximate surface area is 80.7 Å². The molecule has 0 saturated heterocycles. The molecule has 5 nitrogen and oxygen atoms in total. The van der Waals surface area contributed by atoms with Gasteiger partial charge in [-0.2, -0.15) is 0 Å². The van der Waals surface area contributed by atoms with Crippen LogP contribution in [0.2, 0.25) is 0 Å². The number of nitrogens with zero attached hydrogens (tertiary/aromatic N) is 1. The number of methoxy groups -OCH3 is 2. The summed E-state index contributed by atoms with van der Waals surface area (Å²) >= 11 is 0. The zero-order valence-electron chi connectivity index (χ0n) is 7.81. The molecule has 0 N–H and O–H groups in total. The fraction of sp³-hybridized carbons (Fsp3) is 0.222. The summed E-state index contributed by atoms with van der Waals surface area (Å²) in [7, 11) is 2.63. The minimum absolute atomic E-state index is 0.139. The third-order valence-corrected chi connectivity index (χ3v) is 1.61. The molecule has 0 atom stereocenters. The molecule has 5 heteroatoms. The van der Waals surface area contributed by atoms with Crippen molar-refractivity contribution in [3.63, 3.8) is 0 Å². The van der Waals surface area contributed by atoms with Gasteiger partial charge < -0.3 is 9.47 Å². The van der Waals surface area contributed by atoms with Gasteiger partial charge in [-0.05, 0) is 6.07 Å². The Morgan fingerprint density at radius 3 is 2.71 bits per heavy atom. The number of hydrogen-bond donors (Lipinski definition) is 0. The molecule has 0 unspecified atom stereocenters. The first kappa shape index (κ1) is 10.2. The van der Waals surface area contributed by atoms with Gasteiger partial charge in [-0.25, -0.2) is 9.78 Å². The van der Waals surface area contributed by atoms with Gasteiger partial charge in [-0.1, -0.05) is 0 Å². The maximum atomic E-state index is 11.2. The number of aromatic nitrogens is 1. The molecule has 1 heterocycles. The van der Waals surface area contributed by atoms with Crippen LogP contribution in [-0.4, -0.2) is 31.5 Å². The monoisotopic (exact) mass is 195 g/mol. The van der Waals surface area contributed by atoms with Crippen LogP contribution in [0.1, 0.15) is 20.7 Å². The summed E-state index contributed by atoms with van der Waals surface area (Å²) in [5.74, 6) is -0.444. The zero-order valence-corrected chi connectivity index (χ0v) is 7.81. The summed E-state index contributed by atoms with van der Waals surface area (Å²) in [4.78, 5) is 25.4. The molecular formula is C9H9NO4. The first-order valence-corrected chi connectivity index (χ1v) is 3.80. The molecule has 14 heavy (non-hydrogen) atoms. The Balaban J connectivity index is 3.21. The van der Waals surface area contributed by atoms with E-state index in [4.69, 9.17) is 4.74 Å². The summed E-state index contributed by atoms with van der Waals surface area (Å²) < 4.78 is 9.34. The van der Waals surface area contributed by atoms with E-state index in [2.05, 4.69) is 9.72 Å². The first-order chi connectivity index (χ1) is 6.72. The summed E-state index contributed by atoms with van der Waals surface area (Å²) in [5, 5.41) is 0. The number of rotatable bonds is 3. The van der Waals surface area contributed by atoms with Crippen LogP contribution < -0.4 is 4.74 Å². The third-order valence-electron chi connectivity index (χ3n) is 1.61. The molecule has 0 aromatic carbocycles. The quantitative estimate of drug-likeness (QED) is 0.524. The number of ether oxygens (including phenoxy) is 2. The highest BCUT2D eigenvalue weighted by Crippen LogP contribution is 2.16. The van der Waals surface area contributed by atoms with E-state index in [0.717, 1.165) is 0 Å². The van der Waals surface area contributed by atoms with E-state index in [1.165, 1.54) is 26.5 Å². The Morgan fingerprint density at radius 1 is 1.50 bits per heavy atom. The smallest absolute Gasteiger partial charge is 0.343 e. The Hall–Kier alpha value is -1.91. The molecule has 0 aliphatic carbocycles. The molecule has 0 aliphatic rings. The molecule has 1 aromatic heterocycles. The summed E-state index contributed by atoms with van der Waals surface area (Å²) in [6.45, 7) is 0. The van der Waals surface area contributed by atoms with Crippen molar-refractivity contribution in [2.75, 3.05) is 14.2 Å². The van der Waals surface area contributed by atoms with E-state index < -0.39 is 5.97 Å². The predicted octanol–water partition coefficient (Wildman–Crippen LogP) is 0.689. The average Bonchev–Trinajstić information content (AvgIpc) is 2.27. The Bertz CT molecular complexity index is 362. The van der Waals surface area contributed by atoms with Crippen LogP contribution in [0.3, 0.4) is 0 Å². The van der Waals surface area contributed by atoms with Gasteiger partial charge in [0.1, 0.15) is 5.56 Å². The molecular weight excluding hydrogens is 186 g/mol. The molecule has 0 fully saturated rings. The predicted molar refractivity (Wildman–Crippen MR) is 47.5 cm³/mol. The normalized spacial score (nSPS) is 9.29. The largest absolute Gasteiger partial charge is 0.480 e. The zero-order chi connectivity index (χ0) is 10.6. The van der Waals surface area contributed by atoms with E-state index in [1.807, 2.05) is 0 Å². The van der Waals surface area contributed by atoms with Crippen molar-refractivity contribution >= 4 is 12.3 Å². The van der Waals surface area contributed by atoms with Gasteiger partial charge in [0, 0.05) is 11.8 Å². The van der Waals surface area contributed by atoms with Gasteiger partial charge >= 0.3 is 5.97 Å². The molecule has 1 rings (SSSR count). The SMILES string of the molecule is COC(=O)c1cc(C=O)cnc1OC. The minimum atomic E-state index is -0.585. The fourth-order valence-electron chi connectivity index (χ4n) is 0.952. The van der Waals surface area contributed by atoms with E-state index in [1.54, 1.807) is 0 Å². The van der Waals surface area contributed by atoms with Gasteiger partial charge in [0.05, 0.1) is 14.2 Å². The molecule has 0 spiro atoms. The van der Waals surface area contributed by atoms with Crippen LogP contribution in [0.5, 0.6) is 5.88 Å². The Morgan fingerprint density at radius 2 is 2.21 bits per heavy atom. The van der Waals surface area contributed by atoms with Crippen molar-refractivity contribution < 1.29 is 19.1 Å². The highest BCUT2D eigenvalue weighted by Gasteiger charge is 2.14. The van der Waals surface area contributed by atoms with E-state index in [0.29, 0.717) is 11.8 Å². The van der Waals surface area contributed by atoms with E-state index in [9.17, 15) is 9.59 Å². The van der Waals surface area contributed by atoms with Gasteiger partial charge in [-0.3, -0.25) is 4.79 Å². The maximum Gasteiger partial charge on any atom is 0.343 e. The van der Waals surface area contributed by atoms with Crippen LogP contribution >= 0.6 is 0 Å². The molecule has 0 saturated carbocycles. The molecule has 74 valence electrons. The lowest BCUT2D eigenvalue weighted by atomic mass is 10.2. The second-order valence-electron chi connectivity index (χ2n) is 2.43. The lowest BCUT2D eigenvalue weighted by Gasteiger charge is -2.05. The van der Waals surface area contributed by atoms with Crippen LogP contribution in [-0.2, 0) is 4.74 Å². The molecule has 1 aromatic rings. The molecule has 0 bridgehead atoms. The minimum Gasteiger partial charge on any atom is -0.480 e. The standard InChI is InChI=1S/C9H9NO4/c1-13-8-7(9(12)14-2)3-6(5-11)4-10-8/h3-5H,1-2H3. The van der Waals surface area contributed by atoms with Crippen molar-refractivity contribution in [1.29, 1.82) is 0 Å². The van der Waals surface area contributed by atoms with Crippen LogP contribution in [0, 0.1) is 0 Å². The summed E-state index contributed by atoms with van der Waals surface area (Å²) in [6.07, 6.45) is 1.91. The highest BCUT2D eigenvalue weighted by atomic mass is 16.5. The Kier molecular flexibility index (Phi) is 3.17. The third kappa shape index (κ3) is 1.87. The van der Waals surface area contributed by atoms with Gasteiger partial charge in [-0.15, -0.1) is 0 Å². The number of esters is 1. The second kappa shape index (κ2) is 4.36. The number of carbonyl (C=O) groups is 2. The van der Waals surface area contributed by atoms with Crippen molar-refractivity contribution in [2.24, 2.45) is 0 Å². The number of carbonyl (C=O) groups excluding carboxylic acids is 2. The average molecular weight is 195 g/mol. The van der Waals surface area contributed by atoms with Crippen molar-refractivity contribution in [3.05, 3.63) is 23.4 Å². The lowest BCUT2D eigenvalue weighted by molar-refractivity contribution is 0.0596. The van der Waals surface area contributed by atoms with Gasteiger partial charge in [0.15, 0.2) is 6.29 Å².